The van der Waals surface area contributed by atoms with Crippen LogP contribution in [0.4, 0.5) is 0 Å². The molecule has 1 aromatic heterocycles. The monoisotopic (exact) mass is 207 g/mol. The topological polar surface area (TPSA) is 40.7 Å². The summed E-state index contributed by atoms with van der Waals surface area (Å²) in [6.07, 6.45) is 4.80. The Kier molecular flexibility index (Phi) is 3.41. The van der Waals surface area contributed by atoms with Gasteiger partial charge in [-0.3, -0.25) is 0 Å². The van der Waals surface area contributed by atoms with Crippen LogP contribution in [0.15, 0.2) is 0 Å². The van der Waals surface area contributed by atoms with Crippen LogP contribution in [-0.4, -0.2) is 23.1 Å². The van der Waals surface area contributed by atoms with Gasteiger partial charge in [0.2, 0.25) is 0 Å². The summed E-state index contributed by atoms with van der Waals surface area (Å²) in [6, 6.07) is 0. The molecule has 2 heterocycles. The lowest BCUT2D eigenvalue weighted by Crippen LogP contribution is -2.31. The first kappa shape index (κ1) is 10.7. The van der Waals surface area contributed by atoms with E-state index in [4.69, 9.17) is 0 Å². The average molecular weight is 207 g/mol. The molecule has 1 fully saturated rings. The predicted octanol–water partition coefficient (Wildman–Crippen LogP) is 1.82. The quantitative estimate of drug-likeness (QED) is 0.794. The van der Waals surface area contributed by atoms with E-state index >= 15 is 0 Å². The van der Waals surface area contributed by atoms with Crippen molar-refractivity contribution in [2.45, 2.75) is 39.5 Å². The van der Waals surface area contributed by atoms with Gasteiger partial charge in [-0.15, -0.1) is 0 Å². The fourth-order valence-electron chi connectivity index (χ4n) is 2.30. The molecule has 0 radical (unpaired) electrons. The minimum Gasteiger partial charge on any atom is -0.346 e. The molecule has 0 spiro atoms. The molecule has 15 heavy (non-hydrogen) atoms. The zero-order valence-electron chi connectivity index (χ0n) is 9.77. The molecule has 2 N–H and O–H groups in total. The van der Waals surface area contributed by atoms with E-state index in [0.717, 1.165) is 31.1 Å². The number of aryl methyl sites for hydroxylation is 2. The Bertz CT molecular complexity index is 311. The van der Waals surface area contributed by atoms with Crippen LogP contribution in [0, 0.1) is 12.8 Å². The molecule has 84 valence electrons. The summed E-state index contributed by atoms with van der Waals surface area (Å²) < 4.78 is 0. The lowest BCUT2D eigenvalue weighted by Gasteiger charge is -2.21. The SMILES string of the molecule is CCc1nc(CC2CCCNC2)c(C)[nH]1. The average Bonchev–Trinajstić information content (AvgIpc) is 2.61. The van der Waals surface area contributed by atoms with E-state index in [1.54, 1.807) is 0 Å². The largest absolute Gasteiger partial charge is 0.346 e. The van der Waals surface area contributed by atoms with Gasteiger partial charge in [0.15, 0.2) is 0 Å². The second-order valence-electron chi connectivity index (χ2n) is 4.53. The van der Waals surface area contributed by atoms with Crippen molar-refractivity contribution in [2.24, 2.45) is 5.92 Å². The molecular formula is C12H21N3. The van der Waals surface area contributed by atoms with Crippen molar-refractivity contribution < 1.29 is 0 Å². The highest BCUT2D eigenvalue weighted by Gasteiger charge is 2.16. The Morgan fingerprint density at radius 2 is 2.33 bits per heavy atom. The van der Waals surface area contributed by atoms with Crippen LogP contribution in [0.25, 0.3) is 0 Å². The van der Waals surface area contributed by atoms with Gasteiger partial charge in [-0.25, -0.2) is 4.98 Å². The second kappa shape index (κ2) is 4.79. The molecule has 1 aliphatic rings. The molecule has 1 aromatic rings. The summed E-state index contributed by atoms with van der Waals surface area (Å²) in [6.45, 7) is 6.63. The maximum absolute atomic E-state index is 4.64. The lowest BCUT2D eigenvalue weighted by atomic mass is 9.94. The number of aromatic amines is 1. The van der Waals surface area contributed by atoms with Gasteiger partial charge in [0, 0.05) is 12.1 Å². The van der Waals surface area contributed by atoms with Gasteiger partial charge in [0.1, 0.15) is 5.82 Å². The summed E-state index contributed by atoms with van der Waals surface area (Å²) in [4.78, 5) is 7.99. The Morgan fingerprint density at radius 1 is 1.47 bits per heavy atom. The number of hydrogen-bond acceptors (Lipinski definition) is 2. The molecule has 0 saturated carbocycles. The molecular weight excluding hydrogens is 186 g/mol. The molecule has 0 amide bonds. The molecule has 0 bridgehead atoms. The predicted molar refractivity (Wildman–Crippen MR) is 62.0 cm³/mol. The molecule has 1 atom stereocenters. The molecule has 0 aromatic carbocycles. The van der Waals surface area contributed by atoms with Gasteiger partial charge in [0.05, 0.1) is 5.69 Å². The number of nitrogens with zero attached hydrogens (tertiary/aromatic N) is 1. The van der Waals surface area contributed by atoms with Crippen molar-refractivity contribution in [3.05, 3.63) is 17.2 Å². The Morgan fingerprint density at radius 3 is 2.93 bits per heavy atom. The summed E-state index contributed by atoms with van der Waals surface area (Å²) in [5.41, 5.74) is 2.54. The number of aromatic nitrogens is 2. The molecule has 1 saturated heterocycles. The van der Waals surface area contributed by atoms with Crippen molar-refractivity contribution >= 4 is 0 Å². The Balaban J connectivity index is 1.99. The first-order chi connectivity index (χ1) is 7.29. The zero-order valence-corrected chi connectivity index (χ0v) is 9.77. The van der Waals surface area contributed by atoms with Crippen molar-refractivity contribution in [2.75, 3.05) is 13.1 Å². The van der Waals surface area contributed by atoms with Crippen LogP contribution >= 0.6 is 0 Å². The molecule has 2 rings (SSSR count). The molecule has 1 unspecified atom stereocenters. The fraction of sp³-hybridized carbons (Fsp3) is 0.750. The fourth-order valence-corrected chi connectivity index (χ4v) is 2.30. The smallest absolute Gasteiger partial charge is 0.106 e. The van der Waals surface area contributed by atoms with Crippen LogP contribution in [-0.2, 0) is 12.8 Å². The first-order valence-corrected chi connectivity index (χ1v) is 6.04. The van der Waals surface area contributed by atoms with E-state index in [-0.39, 0.29) is 0 Å². The van der Waals surface area contributed by atoms with Crippen LogP contribution in [0.2, 0.25) is 0 Å². The summed E-state index contributed by atoms with van der Waals surface area (Å²) >= 11 is 0. The van der Waals surface area contributed by atoms with Crippen LogP contribution in [0.5, 0.6) is 0 Å². The summed E-state index contributed by atoms with van der Waals surface area (Å²) in [7, 11) is 0. The maximum atomic E-state index is 4.64. The Labute approximate surface area is 91.7 Å². The van der Waals surface area contributed by atoms with E-state index in [0.29, 0.717) is 0 Å². The van der Waals surface area contributed by atoms with Crippen molar-refractivity contribution in [3.63, 3.8) is 0 Å². The highest BCUT2D eigenvalue weighted by molar-refractivity contribution is 5.14. The van der Waals surface area contributed by atoms with Gasteiger partial charge in [-0.2, -0.15) is 0 Å². The van der Waals surface area contributed by atoms with E-state index in [9.17, 15) is 0 Å². The number of nitrogens with one attached hydrogen (secondary N) is 2. The third-order valence-electron chi connectivity index (χ3n) is 3.25. The standard InChI is InChI=1S/C12H21N3/c1-3-12-14-9(2)11(15-12)7-10-5-4-6-13-8-10/h10,13H,3-8H2,1-2H3,(H,14,15). The number of H-pyrrole nitrogens is 1. The van der Waals surface area contributed by atoms with Crippen molar-refractivity contribution in [3.8, 4) is 0 Å². The lowest BCUT2D eigenvalue weighted by molar-refractivity contribution is 0.373. The molecule has 1 aliphatic heterocycles. The third-order valence-corrected chi connectivity index (χ3v) is 3.25. The van der Waals surface area contributed by atoms with Crippen LogP contribution in [0.3, 0.4) is 0 Å². The first-order valence-electron chi connectivity index (χ1n) is 6.04. The van der Waals surface area contributed by atoms with Gasteiger partial charge >= 0.3 is 0 Å². The Hall–Kier alpha value is -0.830. The van der Waals surface area contributed by atoms with Crippen molar-refractivity contribution in [1.82, 2.24) is 15.3 Å². The van der Waals surface area contributed by atoms with Gasteiger partial charge < -0.3 is 10.3 Å². The van der Waals surface area contributed by atoms with Crippen LogP contribution in [0.1, 0.15) is 37.0 Å². The third kappa shape index (κ3) is 2.59. The number of rotatable bonds is 3. The molecule has 3 heteroatoms. The van der Waals surface area contributed by atoms with E-state index in [1.165, 1.54) is 30.8 Å². The van der Waals surface area contributed by atoms with E-state index < -0.39 is 0 Å². The van der Waals surface area contributed by atoms with E-state index in [1.807, 2.05) is 0 Å². The zero-order chi connectivity index (χ0) is 10.7. The van der Waals surface area contributed by atoms with Gasteiger partial charge in [-0.05, 0) is 45.2 Å². The number of piperidine rings is 1. The second-order valence-corrected chi connectivity index (χ2v) is 4.53. The summed E-state index contributed by atoms with van der Waals surface area (Å²) in [5, 5.41) is 3.46. The van der Waals surface area contributed by atoms with Gasteiger partial charge in [0.25, 0.3) is 0 Å². The minimum absolute atomic E-state index is 0.783. The normalized spacial score (nSPS) is 21.9. The maximum Gasteiger partial charge on any atom is 0.106 e. The molecule has 0 aliphatic carbocycles. The number of imidazole rings is 1. The van der Waals surface area contributed by atoms with Crippen LogP contribution < -0.4 is 5.32 Å². The molecule has 3 nitrogen and oxygen atoms in total. The number of hydrogen-bond donors (Lipinski definition) is 2. The highest BCUT2D eigenvalue weighted by Crippen LogP contribution is 2.17. The van der Waals surface area contributed by atoms with Crippen molar-refractivity contribution in [1.29, 1.82) is 0 Å². The highest BCUT2D eigenvalue weighted by atomic mass is 14.9. The van der Waals surface area contributed by atoms with E-state index in [2.05, 4.69) is 29.1 Å². The minimum atomic E-state index is 0.783. The van der Waals surface area contributed by atoms with Gasteiger partial charge in [-0.1, -0.05) is 6.92 Å². The summed E-state index contributed by atoms with van der Waals surface area (Å²) in [5.74, 6) is 1.91.